The van der Waals surface area contributed by atoms with E-state index >= 15 is 0 Å². The first-order valence-corrected chi connectivity index (χ1v) is 8.03. The fourth-order valence-corrected chi connectivity index (χ4v) is 3.04. The quantitative estimate of drug-likeness (QED) is 0.788. The first-order valence-electron chi connectivity index (χ1n) is 8.03. The van der Waals surface area contributed by atoms with Gasteiger partial charge in [0.05, 0.1) is 0 Å². The number of benzene rings is 2. The molecule has 0 aliphatic heterocycles. The largest absolute Gasteiger partial charge is 0.412 e. The van der Waals surface area contributed by atoms with Crippen LogP contribution in [-0.4, -0.2) is 11.0 Å². The van der Waals surface area contributed by atoms with Gasteiger partial charge in [0, 0.05) is 5.92 Å². The van der Waals surface area contributed by atoms with E-state index in [0.717, 1.165) is 0 Å². The predicted molar refractivity (Wildman–Crippen MR) is 104 cm³/mol. The van der Waals surface area contributed by atoms with Crippen molar-refractivity contribution in [2.45, 2.75) is 19.8 Å². The molecule has 0 aromatic heterocycles. The fraction of sp³-hybridized carbons (Fsp3) is 0.182. The van der Waals surface area contributed by atoms with Crippen LogP contribution in [0.4, 0.5) is 0 Å². The molecule has 0 amide bonds. The van der Waals surface area contributed by atoms with E-state index in [0.29, 0.717) is 5.92 Å². The maximum Gasteiger partial charge on any atom is 0.00212 e. The highest BCUT2D eigenvalue weighted by Crippen LogP contribution is 2.34. The van der Waals surface area contributed by atoms with Crippen LogP contribution in [-0.2, 0) is 0 Å². The van der Waals surface area contributed by atoms with Crippen LogP contribution in [0.5, 0.6) is 0 Å². The van der Waals surface area contributed by atoms with Gasteiger partial charge in [-0.25, -0.2) is 0 Å². The lowest BCUT2D eigenvalue weighted by Gasteiger charge is -2.21. The zero-order chi connectivity index (χ0) is 15.4. The lowest BCUT2D eigenvalue weighted by atomic mass is 9.83. The van der Waals surface area contributed by atoms with Crippen molar-refractivity contribution in [3.05, 3.63) is 90.5 Å². The Morgan fingerprint density at radius 2 is 1.42 bits per heavy atom. The Labute approximate surface area is 144 Å². The monoisotopic (exact) mass is 322 g/mol. The maximum atomic E-state index is 4.33. The number of allylic oxidation sites excluding steroid dienone is 5. The molecule has 0 saturated carbocycles. The zero-order valence-electron chi connectivity index (χ0n) is 14.1. The summed E-state index contributed by atoms with van der Waals surface area (Å²) in [6.07, 6.45) is 9.00. The molecule has 3 rings (SSSR count). The van der Waals surface area contributed by atoms with Crippen LogP contribution in [0, 0.1) is 5.92 Å². The molecule has 2 aromatic rings. The average Bonchev–Trinajstić information content (AvgIpc) is 2.58. The van der Waals surface area contributed by atoms with Crippen LogP contribution in [0.15, 0.2) is 85.0 Å². The predicted octanol–water partition coefficient (Wildman–Crippen LogP) is 4.63. The highest BCUT2D eigenvalue weighted by molar-refractivity contribution is 5.82. The molecule has 24 heavy (non-hydrogen) atoms. The van der Waals surface area contributed by atoms with E-state index in [1.54, 1.807) is 0 Å². The third-order valence-corrected chi connectivity index (χ3v) is 4.30. The van der Waals surface area contributed by atoms with Gasteiger partial charge in [0.1, 0.15) is 0 Å². The minimum Gasteiger partial charge on any atom is -0.412 e. The Hall–Kier alpha value is -2.42. The van der Waals surface area contributed by atoms with Crippen molar-refractivity contribution >= 4 is 5.57 Å². The fourth-order valence-electron chi connectivity index (χ4n) is 3.04. The SMILES string of the molecule is C=C1C(c2ccc(-c3ccccc3)cc2)=CC=CC1CCC.O.O. The molecule has 1 unspecified atom stereocenters. The molecule has 0 fully saturated rings. The third-order valence-electron chi connectivity index (χ3n) is 4.30. The van der Waals surface area contributed by atoms with Crippen molar-refractivity contribution < 1.29 is 11.0 Å². The summed E-state index contributed by atoms with van der Waals surface area (Å²) in [4.78, 5) is 0. The van der Waals surface area contributed by atoms with Gasteiger partial charge in [-0.1, -0.05) is 92.7 Å². The van der Waals surface area contributed by atoms with Crippen LogP contribution in [0.25, 0.3) is 16.7 Å². The van der Waals surface area contributed by atoms with Crippen molar-refractivity contribution in [1.29, 1.82) is 0 Å². The van der Waals surface area contributed by atoms with Gasteiger partial charge in [0.15, 0.2) is 0 Å². The first-order chi connectivity index (χ1) is 10.8. The van der Waals surface area contributed by atoms with Crippen molar-refractivity contribution in [3.8, 4) is 11.1 Å². The molecule has 1 aliphatic carbocycles. The topological polar surface area (TPSA) is 63.0 Å². The first kappa shape index (κ1) is 19.6. The van der Waals surface area contributed by atoms with Gasteiger partial charge in [-0.2, -0.15) is 0 Å². The van der Waals surface area contributed by atoms with Crippen LogP contribution in [0.3, 0.4) is 0 Å². The number of hydrogen-bond acceptors (Lipinski definition) is 0. The van der Waals surface area contributed by atoms with Crippen LogP contribution < -0.4 is 0 Å². The minimum atomic E-state index is 0. The summed E-state index contributed by atoms with van der Waals surface area (Å²) in [5.41, 5.74) is 6.30. The van der Waals surface area contributed by atoms with Gasteiger partial charge >= 0.3 is 0 Å². The highest BCUT2D eigenvalue weighted by Gasteiger charge is 2.16. The standard InChI is InChI=1S/C22H22.2H2O/c1-3-8-18-11-7-12-22(17(18)2)21-15-13-20(14-16-21)19-9-5-4-6-10-19;;/h4-7,9-16,18H,2-3,8H2,1H3;2*1H2. The van der Waals surface area contributed by atoms with E-state index in [4.69, 9.17) is 0 Å². The smallest absolute Gasteiger partial charge is 0.00212 e. The highest BCUT2D eigenvalue weighted by atomic mass is 16.0. The lowest BCUT2D eigenvalue weighted by Crippen LogP contribution is -2.05. The molecule has 2 nitrogen and oxygen atoms in total. The van der Waals surface area contributed by atoms with E-state index in [2.05, 4.69) is 86.3 Å². The Bertz CT molecular complexity index is 709. The van der Waals surface area contributed by atoms with Gasteiger partial charge in [0.2, 0.25) is 0 Å². The summed E-state index contributed by atoms with van der Waals surface area (Å²) in [5, 5.41) is 0. The van der Waals surface area contributed by atoms with Gasteiger partial charge in [-0.3, -0.25) is 0 Å². The van der Waals surface area contributed by atoms with Gasteiger partial charge in [-0.05, 0) is 34.3 Å². The molecular weight excluding hydrogens is 296 g/mol. The molecule has 1 atom stereocenters. The van der Waals surface area contributed by atoms with Crippen molar-refractivity contribution in [2.75, 3.05) is 0 Å². The Kier molecular flexibility index (Phi) is 7.37. The molecule has 0 bridgehead atoms. The van der Waals surface area contributed by atoms with Crippen LogP contribution in [0.2, 0.25) is 0 Å². The number of rotatable bonds is 4. The molecule has 1 aliphatic rings. The van der Waals surface area contributed by atoms with Crippen LogP contribution >= 0.6 is 0 Å². The number of hydrogen-bond donors (Lipinski definition) is 0. The van der Waals surface area contributed by atoms with Gasteiger partial charge in [0.25, 0.3) is 0 Å². The molecule has 0 saturated heterocycles. The summed E-state index contributed by atoms with van der Waals surface area (Å²) in [6.45, 7) is 6.56. The maximum absolute atomic E-state index is 4.33. The Balaban J connectivity index is 0.00000144. The Morgan fingerprint density at radius 1 is 0.833 bits per heavy atom. The molecule has 4 N–H and O–H groups in total. The molecule has 2 aromatic carbocycles. The zero-order valence-corrected chi connectivity index (χ0v) is 14.1. The summed E-state index contributed by atoms with van der Waals surface area (Å²) in [5.74, 6) is 0.485. The normalized spacial score (nSPS) is 16.0. The van der Waals surface area contributed by atoms with Crippen molar-refractivity contribution in [1.82, 2.24) is 0 Å². The van der Waals surface area contributed by atoms with Crippen molar-refractivity contribution in [2.24, 2.45) is 5.92 Å². The Morgan fingerprint density at radius 3 is 2.04 bits per heavy atom. The summed E-state index contributed by atoms with van der Waals surface area (Å²) >= 11 is 0. The molecular formula is C22H26O2. The lowest BCUT2D eigenvalue weighted by molar-refractivity contribution is 0.671. The second-order valence-electron chi connectivity index (χ2n) is 5.83. The summed E-state index contributed by atoms with van der Waals surface area (Å²) in [6, 6.07) is 19.3. The molecule has 126 valence electrons. The van der Waals surface area contributed by atoms with Crippen molar-refractivity contribution in [3.63, 3.8) is 0 Å². The molecule has 0 heterocycles. The molecule has 0 spiro atoms. The van der Waals surface area contributed by atoms with E-state index < -0.39 is 0 Å². The second kappa shape index (κ2) is 9.02. The van der Waals surface area contributed by atoms with E-state index in [1.807, 2.05) is 0 Å². The van der Waals surface area contributed by atoms with Gasteiger partial charge < -0.3 is 11.0 Å². The van der Waals surface area contributed by atoms with E-state index in [-0.39, 0.29) is 11.0 Å². The molecule has 2 heteroatoms. The minimum absolute atomic E-state index is 0. The average molecular weight is 322 g/mol. The molecule has 0 radical (unpaired) electrons. The van der Waals surface area contributed by atoms with E-state index in [1.165, 1.54) is 40.7 Å². The van der Waals surface area contributed by atoms with E-state index in [9.17, 15) is 0 Å². The van der Waals surface area contributed by atoms with Crippen LogP contribution in [0.1, 0.15) is 25.3 Å². The second-order valence-corrected chi connectivity index (χ2v) is 5.83. The summed E-state index contributed by atoms with van der Waals surface area (Å²) in [7, 11) is 0. The third kappa shape index (κ3) is 4.10. The van der Waals surface area contributed by atoms with Gasteiger partial charge in [-0.15, -0.1) is 0 Å². The summed E-state index contributed by atoms with van der Waals surface area (Å²) < 4.78 is 0.